The number of carbonyl (C=O) groups is 1. The van der Waals surface area contributed by atoms with E-state index in [9.17, 15) is 9.90 Å². The summed E-state index contributed by atoms with van der Waals surface area (Å²) in [6, 6.07) is 6.25. The molecule has 0 spiro atoms. The van der Waals surface area contributed by atoms with Gasteiger partial charge in [-0.05, 0) is 24.6 Å². The highest BCUT2D eigenvalue weighted by Crippen LogP contribution is 2.28. The van der Waals surface area contributed by atoms with Crippen molar-refractivity contribution in [1.29, 1.82) is 0 Å². The fourth-order valence-corrected chi connectivity index (χ4v) is 1.63. The molecule has 1 N–H and O–H groups in total. The maximum atomic E-state index is 11.2. The molecule has 0 bridgehead atoms. The van der Waals surface area contributed by atoms with Gasteiger partial charge in [0.1, 0.15) is 23.4 Å². The lowest BCUT2D eigenvalue weighted by atomic mass is 10.2. The van der Waals surface area contributed by atoms with Gasteiger partial charge in [0.15, 0.2) is 0 Å². The first kappa shape index (κ1) is 13.8. The first-order chi connectivity index (χ1) is 9.63. The number of hydrogen-bond donors (Lipinski definition) is 1. The van der Waals surface area contributed by atoms with Crippen molar-refractivity contribution < 1.29 is 19.4 Å². The van der Waals surface area contributed by atoms with Crippen molar-refractivity contribution in [3.05, 3.63) is 41.9 Å². The largest absolute Gasteiger partial charge is 0.497 e. The van der Waals surface area contributed by atoms with Gasteiger partial charge in [-0.3, -0.25) is 0 Å². The molecular weight excluding hydrogens is 260 g/mol. The van der Waals surface area contributed by atoms with Gasteiger partial charge in [0, 0.05) is 11.8 Å². The molecule has 6 heteroatoms. The first-order valence-electron chi connectivity index (χ1n) is 6.04. The van der Waals surface area contributed by atoms with Crippen molar-refractivity contribution in [3.8, 4) is 17.4 Å². The van der Waals surface area contributed by atoms with Gasteiger partial charge < -0.3 is 14.6 Å². The lowest BCUT2D eigenvalue weighted by Gasteiger charge is -2.09. The van der Waals surface area contributed by atoms with Crippen LogP contribution in [0.1, 0.15) is 23.0 Å². The summed E-state index contributed by atoms with van der Waals surface area (Å²) < 4.78 is 10.5. The highest BCUT2D eigenvalue weighted by atomic mass is 16.5. The maximum absolute atomic E-state index is 11.2. The average Bonchev–Trinajstić information content (AvgIpc) is 2.47. The minimum atomic E-state index is -1.09. The van der Waals surface area contributed by atoms with Crippen LogP contribution in [0.25, 0.3) is 0 Å². The highest BCUT2D eigenvalue weighted by molar-refractivity contribution is 5.91. The summed E-state index contributed by atoms with van der Waals surface area (Å²) in [5.74, 6) is -0.126. The number of benzene rings is 1. The SMILES string of the molecule is CCc1cc(Oc2ccc(OC)cc2C(=O)O)ncn1. The molecule has 2 rings (SSSR count). The predicted octanol–water partition coefficient (Wildman–Crippen LogP) is 2.54. The zero-order valence-electron chi connectivity index (χ0n) is 11.2. The van der Waals surface area contributed by atoms with E-state index in [4.69, 9.17) is 9.47 Å². The van der Waals surface area contributed by atoms with E-state index in [2.05, 4.69) is 9.97 Å². The van der Waals surface area contributed by atoms with E-state index in [-0.39, 0.29) is 11.3 Å². The lowest BCUT2D eigenvalue weighted by molar-refractivity contribution is 0.0693. The van der Waals surface area contributed by atoms with Crippen LogP contribution in [-0.2, 0) is 6.42 Å². The van der Waals surface area contributed by atoms with Crippen LogP contribution in [-0.4, -0.2) is 28.2 Å². The molecule has 0 aliphatic heterocycles. The van der Waals surface area contributed by atoms with Crippen LogP contribution in [0.4, 0.5) is 0 Å². The Kier molecular flexibility index (Phi) is 4.14. The van der Waals surface area contributed by atoms with Crippen LogP contribution in [0.2, 0.25) is 0 Å². The van der Waals surface area contributed by atoms with Crippen LogP contribution in [0, 0.1) is 0 Å². The van der Waals surface area contributed by atoms with Crippen LogP contribution in [0.15, 0.2) is 30.6 Å². The summed E-state index contributed by atoms with van der Waals surface area (Å²) in [6.45, 7) is 1.96. The topological polar surface area (TPSA) is 81.5 Å². The molecule has 1 aromatic heterocycles. The number of carboxylic acid groups (broad SMARTS) is 1. The standard InChI is InChI=1S/C14H14N2O4/c1-3-9-6-13(16-8-15-9)20-12-5-4-10(19-2)7-11(12)14(17)18/h4-8H,3H2,1-2H3,(H,17,18). The number of aryl methyl sites for hydroxylation is 1. The Morgan fingerprint density at radius 2 is 2.10 bits per heavy atom. The Bertz CT molecular complexity index is 628. The third kappa shape index (κ3) is 3.03. The van der Waals surface area contributed by atoms with Gasteiger partial charge in [-0.1, -0.05) is 6.92 Å². The van der Waals surface area contributed by atoms with Crippen LogP contribution >= 0.6 is 0 Å². The summed E-state index contributed by atoms with van der Waals surface area (Å²) >= 11 is 0. The second-order valence-electron chi connectivity index (χ2n) is 3.97. The van der Waals surface area contributed by atoms with Gasteiger partial charge in [-0.25, -0.2) is 14.8 Å². The second kappa shape index (κ2) is 6.01. The van der Waals surface area contributed by atoms with E-state index in [0.717, 1.165) is 12.1 Å². The lowest BCUT2D eigenvalue weighted by Crippen LogP contribution is -2.02. The molecule has 0 radical (unpaired) electrons. The molecule has 104 valence electrons. The molecule has 0 amide bonds. The third-order valence-corrected chi connectivity index (χ3v) is 2.69. The Labute approximate surface area is 116 Å². The summed E-state index contributed by atoms with van der Waals surface area (Å²) in [5.41, 5.74) is 0.835. The van der Waals surface area contributed by atoms with Crippen molar-refractivity contribution in [2.45, 2.75) is 13.3 Å². The Hall–Kier alpha value is -2.63. The summed E-state index contributed by atoms with van der Waals surface area (Å²) in [7, 11) is 1.47. The predicted molar refractivity (Wildman–Crippen MR) is 71.4 cm³/mol. The molecule has 0 unspecified atom stereocenters. The number of hydrogen-bond acceptors (Lipinski definition) is 5. The number of rotatable bonds is 5. The van der Waals surface area contributed by atoms with E-state index in [1.807, 2.05) is 6.92 Å². The van der Waals surface area contributed by atoms with Gasteiger partial charge in [0.2, 0.25) is 5.88 Å². The van der Waals surface area contributed by atoms with E-state index in [0.29, 0.717) is 11.6 Å². The number of aromatic nitrogens is 2. The monoisotopic (exact) mass is 274 g/mol. The molecule has 2 aromatic rings. The normalized spacial score (nSPS) is 10.1. The van der Waals surface area contributed by atoms with Crippen molar-refractivity contribution in [1.82, 2.24) is 9.97 Å². The number of carboxylic acids is 1. The summed E-state index contributed by atoms with van der Waals surface area (Å²) in [4.78, 5) is 19.3. The zero-order valence-corrected chi connectivity index (χ0v) is 11.2. The minimum Gasteiger partial charge on any atom is -0.497 e. The highest BCUT2D eigenvalue weighted by Gasteiger charge is 2.14. The second-order valence-corrected chi connectivity index (χ2v) is 3.97. The quantitative estimate of drug-likeness (QED) is 0.902. The van der Waals surface area contributed by atoms with Crippen molar-refractivity contribution in [2.24, 2.45) is 0 Å². The summed E-state index contributed by atoms with van der Waals surface area (Å²) in [5, 5.41) is 9.20. The Morgan fingerprint density at radius 3 is 2.75 bits per heavy atom. The van der Waals surface area contributed by atoms with Gasteiger partial charge in [0.25, 0.3) is 0 Å². The van der Waals surface area contributed by atoms with Gasteiger partial charge in [-0.2, -0.15) is 0 Å². The molecular formula is C14H14N2O4. The minimum absolute atomic E-state index is 0.0148. The molecule has 0 saturated carbocycles. The fourth-order valence-electron chi connectivity index (χ4n) is 1.63. The zero-order chi connectivity index (χ0) is 14.5. The molecule has 0 atom stereocenters. The average molecular weight is 274 g/mol. The molecule has 1 heterocycles. The number of ether oxygens (including phenoxy) is 2. The summed E-state index contributed by atoms with van der Waals surface area (Å²) in [6.07, 6.45) is 2.13. The van der Waals surface area contributed by atoms with Crippen molar-refractivity contribution in [2.75, 3.05) is 7.11 Å². The molecule has 20 heavy (non-hydrogen) atoms. The van der Waals surface area contributed by atoms with E-state index in [1.165, 1.54) is 25.6 Å². The number of aromatic carboxylic acids is 1. The van der Waals surface area contributed by atoms with Crippen molar-refractivity contribution >= 4 is 5.97 Å². The van der Waals surface area contributed by atoms with E-state index in [1.54, 1.807) is 12.1 Å². The molecule has 0 fully saturated rings. The van der Waals surface area contributed by atoms with Crippen molar-refractivity contribution in [3.63, 3.8) is 0 Å². The molecule has 0 aliphatic carbocycles. The third-order valence-electron chi connectivity index (χ3n) is 2.69. The fraction of sp³-hybridized carbons (Fsp3) is 0.214. The molecule has 0 saturated heterocycles. The van der Waals surface area contributed by atoms with E-state index >= 15 is 0 Å². The number of nitrogens with zero attached hydrogens (tertiary/aromatic N) is 2. The van der Waals surface area contributed by atoms with Crippen LogP contribution in [0.5, 0.6) is 17.4 Å². The maximum Gasteiger partial charge on any atom is 0.339 e. The molecule has 6 nitrogen and oxygen atoms in total. The molecule has 1 aromatic carbocycles. The van der Waals surface area contributed by atoms with E-state index < -0.39 is 5.97 Å². The Balaban J connectivity index is 2.34. The van der Waals surface area contributed by atoms with Gasteiger partial charge in [-0.15, -0.1) is 0 Å². The Morgan fingerprint density at radius 1 is 1.30 bits per heavy atom. The van der Waals surface area contributed by atoms with Crippen LogP contribution < -0.4 is 9.47 Å². The first-order valence-corrected chi connectivity index (χ1v) is 6.04. The van der Waals surface area contributed by atoms with Crippen LogP contribution in [0.3, 0.4) is 0 Å². The van der Waals surface area contributed by atoms with Gasteiger partial charge >= 0.3 is 5.97 Å². The smallest absolute Gasteiger partial charge is 0.339 e. The molecule has 0 aliphatic rings. The number of methoxy groups -OCH3 is 1. The van der Waals surface area contributed by atoms with Gasteiger partial charge in [0.05, 0.1) is 7.11 Å².